The Bertz CT molecular complexity index is 1370. The van der Waals surface area contributed by atoms with E-state index in [1.807, 2.05) is 31.5 Å². The second-order valence-electron chi connectivity index (χ2n) is 10.9. The lowest BCUT2D eigenvalue weighted by molar-refractivity contribution is 0.0218. The van der Waals surface area contributed by atoms with Crippen molar-refractivity contribution in [2.24, 2.45) is 0 Å². The molecule has 5 rings (SSSR count). The van der Waals surface area contributed by atoms with Crippen LogP contribution in [0.3, 0.4) is 0 Å². The number of fused-ring (bicyclic) bond motifs is 1. The van der Waals surface area contributed by atoms with E-state index in [2.05, 4.69) is 39.7 Å². The molecule has 0 aromatic carbocycles. The topological polar surface area (TPSA) is 113 Å². The molecule has 5 heterocycles. The summed E-state index contributed by atoms with van der Waals surface area (Å²) in [5.74, 6) is 1.43. The number of aromatic nitrogens is 4. The monoisotopic (exact) mass is 518 g/mol. The lowest BCUT2D eigenvalue weighted by atomic mass is 10.1. The molecule has 11 nitrogen and oxygen atoms in total. The largest absolute Gasteiger partial charge is 0.444 e. The zero-order valence-electron chi connectivity index (χ0n) is 22.6. The van der Waals surface area contributed by atoms with Crippen LogP contribution in [0.15, 0.2) is 30.9 Å². The summed E-state index contributed by atoms with van der Waals surface area (Å²) in [5.41, 5.74) is 1.70. The van der Waals surface area contributed by atoms with Gasteiger partial charge >= 0.3 is 6.09 Å². The van der Waals surface area contributed by atoms with E-state index >= 15 is 0 Å². The molecule has 0 aliphatic carbocycles. The van der Waals surface area contributed by atoms with E-state index in [4.69, 9.17) is 14.5 Å². The second-order valence-corrected chi connectivity index (χ2v) is 10.9. The Morgan fingerprint density at radius 1 is 1.16 bits per heavy atom. The van der Waals surface area contributed by atoms with Crippen LogP contribution in [0.2, 0.25) is 0 Å². The molecule has 2 aliphatic rings. The van der Waals surface area contributed by atoms with Gasteiger partial charge in [0, 0.05) is 51.2 Å². The van der Waals surface area contributed by atoms with Crippen LogP contribution in [0.1, 0.15) is 40.2 Å². The number of rotatable bonds is 3. The van der Waals surface area contributed by atoms with E-state index in [9.17, 15) is 10.1 Å². The summed E-state index contributed by atoms with van der Waals surface area (Å²) in [5, 5.41) is 10.4. The molecule has 0 unspecified atom stereocenters. The second kappa shape index (κ2) is 10.1. The summed E-state index contributed by atoms with van der Waals surface area (Å²) >= 11 is 0. The van der Waals surface area contributed by atoms with Crippen LogP contribution in [0.4, 0.5) is 16.3 Å². The number of hydrogen-bond acceptors (Lipinski definition) is 9. The van der Waals surface area contributed by atoms with Crippen molar-refractivity contribution in [1.29, 1.82) is 5.26 Å². The van der Waals surface area contributed by atoms with Crippen LogP contribution in [-0.4, -0.2) is 87.6 Å². The molecule has 2 fully saturated rings. The first-order valence-corrected chi connectivity index (χ1v) is 13.0. The van der Waals surface area contributed by atoms with Gasteiger partial charge in [0.2, 0.25) is 0 Å². The number of nitriles is 1. The van der Waals surface area contributed by atoms with Gasteiger partial charge in [0.15, 0.2) is 5.65 Å². The molecule has 0 saturated carbocycles. The predicted octanol–water partition coefficient (Wildman–Crippen LogP) is 3.36. The first-order valence-electron chi connectivity index (χ1n) is 13.0. The van der Waals surface area contributed by atoms with Crippen molar-refractivity contribution in [2.45, 2.75) is 52.4 Å². The van der Waals surface area contributed by atoms with Crippen LogP contribution in [-0.2, 0) is 9.47 Å². The fourth-order valence-electron chi connectivity index (χ4n) is 5.08. The molecule has 3 aromatic heterocycles. The predicted molar refractivity (Wildman–Crippen MR) is 144 cm³/mol. The van der Waals surface area contributed by atoms with Gasteiger partial charge in [-0.05, 0) is 46.8 Å². The highest BCUT2D eigenvalue weighted by Crippen LogP contribution is 2.38. The molecular weight excluding hydrogens is 484 g/mol. The number of nitrogens with zero attached hydrogens (tertiary/aromatic N) is 8. The van der Waals surface area contributed by atoms with Crippen LogP contribution >= 0.6 is 0 Å². The number of hydrogen-bond donors (Lipinski definition) is 0. The first kappa shape index (κ1) is 25.7. The third-order valence-corrected chi connectivity index (χ3v) is 6.80. The van der Waals surface area contributed by atoms with Gasteiger partial charge in [-0.2, -0.15) is 5.26 Å². The van der Waals surface area contributed by atoms with Crippen LogP contribution < -0.4 is 9.80 Å². The molecule has 0 N–H and O–H groups in total. The molecule has 2 saturated heterocycles. The summed E-state index contributed by atoms with van der Waals surface area (Å²) < 4.78 is 13.3. The first-order chi connectivity index (χ1) is 18.1. The van der Waals surface area contributed by atoms with E-state index < -0.39 is 5.60 Å². The van der Waals surface area contributed by atoms with E-state index in [-0.39, 0.29) is 18.2 Å². The lowest BCUT2D eigenvalue weighted by Gasteiger charge is -2.41. The molecule has 11 heteroatoms. The fraction of sp³-hybridized carbons (Fsp3) is 0.519. The minimum atomic E-state index is -0.541. The minimum absolute atomic E-state index is 0.00854. The maximum Gasteiger partial charge on any atom is 0.410 e. The molecule has 38 heavy (non-hydrogen) atoms. The smallest absolute Gasteiger partial charge is 0.410 e. The molecular formula is C27H34N8O3. The van der Waals surface area contributed by atoms with Gasteiger partial charge in [0.1, 0.15) is 23.6 Å². The molecule has 0 radical (unpaired) electrons. The van der Waals surface area contributed by atoms with Gasteiger partial charge in [-0.15, -0.1) is 0 Å². The average molecular weight is 519 g/mol. The Balaban J connectivity index is 1.56. The van der Waals surface area contributed by atoms with Crippen LogP contribution in [0.25, 0.3) is 16.9 Å². The Labute approximate surface area is 222 Å². The number of anilines is 2. The number of carbonyl (C=O) groups is 1. The van der Waals surface area contributed by atoms with Crippen molar-refractivity contribution >= 4 is 28.6 Å². The van der Waals surface area contributed by atoms with E-state index in [0.29, 0.717) is 43.3 Å². The Hall–Kier alpha value is -3.91. The van der Waals surface area contributed by atoms with Crippen molar-refractivity contribution < 1.29 is 14.3 Å². The maximum atomic E-state index is 12.7. The van der Waals surface area contributed by atoms with E-state index in [1.54, 1.807) is 29.6 Å². The number of ether oxygens (including phenoxy) is 2. The Kier molecular flexibility index (Phi) is 6.84. The molecule has 1 amide bonds. The normalized spacial score (nSPS) is 20.5. The fourth-order valence-corrected chi connectivity index (χ4v) is 5.08. The highest BCUT2D eigenvalue weighted by atomic mass is 16.6. The third-order valence-electron chi connectivity index (χ3n) is 6.80. The number of amides is 1. The van der Waals surface area contributed by atoms with Crippen molar-refractivity contribution in [1.82, 2.24) is 24.4 Å². The minimum Gasteiger partial charge on any atom is -0.444 e. The summed E-state index contributed by atoms with van der Waals surface area (Å²) in [6.45, 7) is 13.6. The molecule has 0 bridgehead atoms. The van der Waals surface area contributed by atoms with Gasteiger partial charge in [-0.25, -0.2) is 19.7 Å². The van der Waals surface area contributed by atoms with Crippen molar-refractivity contribution in [3.63, 3.8) is 0 Å². The van der Waals surface area contributed by atoms with Crippen molar-refractivity contribution in [3.05, 3.63) is 36.4 Å². The van der Waals surface area contributed by atoms with Crippen LogP contribution in [0.5, 0.6) is 0 Å². The highest BCUT2D eigenvalue weighted by Gasteiger charge is 2.33. The van der Waals surface area contributed by atoms with Crippen molar-refractivity contribution in [3.8, 4) is 11.9 Å². The zero-order valence-corrected chi connectivity index (χ0v) is 22.6. The standard InChI is InChI=1S/C27H34N8O3/c1-18-14-33(26(36)38-27(3,4)5)8-9-34(18)24-23-21(32-10-11-37-19(2)15-32)16-35(25(23)31-17-30-24)22-12-20(13-28)6-7-29-22/h6-7,12,16-19H,8-11,14-15H2,1-5H3/t18-,19+/m0/s1. The Morgan fingerprint density at radius 2 is 1.97 bits per heavy atom. The van der Waals surface area contributed by atoms with Gasteiger partial charge < -0.3 is 24.2 Å². The quantitative estimate of drug-likeness (QED) is 0.515. The van der Waals surface area contributed by atoms with Gasteiger partial charge in [0.25, 0.3) is 0 Å². The van der Waals surface area contributed by atoms with Gasteiger partial charge in [-0.3, -0.25) is 4.57 Å². The highest BCUT2D eigenvalue weighted by molar-refractivity contribution is 6.00. The average Bonchev–Trinajstić information content (AvgIpc) is 3.28. The molecule has 200 valence electrons. The van der Waals surface area contributed by atoms with E-state index in [0.717, 1.165) is 30.0 Å². The summed E-state index contributed by atoms with van der Waals surface area (Å²) in [6, 6.07) is 5.65. The van der Waals surface area contributed by atoms with Gasteiger partial charge in [-0.1, -0.05) is 0 Å². The maximum absolute atomic E-state index is 12.7. The number of morpholine rings is 1. The summed E-state index contributed by atoms with van der Waals surface area (Å²) in [4.78, 5) is 33.0. The lowest BCUT2D eigenvalue weighted by Crippen LogP contribution is -2.55. The van der Waals surface area contributed by atoms with Crippen LogP contribution in [0, 0.1) is 11.3 Å². The molecule has 3 aromatic rings. The molecule has 0 spiro atoms. The number of carbonyl (C=O) groups excluding carboxylic acids is 1. The Morgan fingerprint density at radius 3 is 2.68 bits per heavy atom. The SMILES string of the molecule is C[C@@H]1CN(c2cn(-c3cc(C#N)ccn3)c3ncnc(N4CCN(C(=O)OC(C)(C)C)C[C@@H]4C)c23)CCO1. The summed E-state index contributed by atoms with van der Waals surface area (Å²) in [6.07, 6.45) is 5.03. The van der Waals surface area contributed by atoms with Gasteiger partial charge in [0.05, 0.1) is 35.4 Å². The molecule has 2 atom stereocenters. The van der Waals surface area contributed by atoms with Crippen molar-refractivity contribution in [2.75, 3.05) is 49.1 Å². The zero-order chi connectivity index (χ0) is 27.0. The third kappa shape index (κ3) is 5.09. The van der Waals surface area contributed by atoms with E-state index in [1.165, 1.54) is 0 Å². The summed E-state index contributed by atoms with van der Waals surface area (Å²) in [7, 11) is 0. The number of pyridine rings is 1. The molecule has 2 aliphatic heterocycles. The number of piperazine rings is 1.